The largest absolute Gasteiger partial charge is 0.484 e. The smallest absolute Gasteiger partial charge is 0.278 e. The Balaban J connectivity index is 1.41. The summed E-state index contributed by atoms with van der Waals surface area (Å²) >= 11 is 1.21. The average molecular weight is 433 g/mol. The third kappa shape index (κ3) is 4.75. The fraction of sp³-hybridized carbons (Fsp3) is 0.130. The molecule has 1 saturated heterocycles. The van der Waals surface area contributed by atoms with E-state index in [9.17, 15) is 14.4 Å². The van der Waals surface area contributed by atoms with Crippen molar-refractivity contribution in [1.29, 1.82) is 0 Å². The minimum atomic E-state index is -0.446. The summed E-state index contributed by atoms with van der Waals surface area (Å²) < 4.78 is 5.56. The van der Waals surface area contributed by atoms with E-state index in [1.165, 1.54) is 23.6 Å². The molecule has 0 atom stereocenters. The second-order valence-corrected chi connectivity index (χ2v) is 7.79. The van der Waals surface area contributed by atoms with Crippen molar-refractivity contribution < 1.29 is 19.1 Å². The van der Waals surface area contributed by atoms with Gasteiger partial charge in [-0.3, -0.25) is 19.3 Å². The number of hydrazone groups is 1. The fourth-order valence-electron chi connectivity index (χ4n) is 3.11. The highest BCUT2D eigenvalue weighted by molar-refractivity contribution is 8.15. The van der Waals surface area contributed by atoms with Gasteiger partial charge in [-0.1, -0.05) is 54.2 Å². The molecular weight excluding hydrogens is 414 g/mol. The second-order valence-electron chi connectivity index (χ2n) is 6.85. The van der Waals surface area contributed by atoms with Crippen molar-refractivity contribution in [3.63, 3.8) is 0 Å². The summed E-state index contributed by atoms with van der Waals surface area (Å²) in [4.78, 5) is 37.6. The molecule has 0 spiro atoms. The highest BCUT2D eigenvalue weighted by Crippen LogP contribution is 2.27. The Morgan fingerprint density at radius 3 is 2.68 bits per heavy atom. The van der Waals surface area contributed by atoms with Crippen LogP contribution in [0.5, 0.6) is 5.75 Å². The molecule has 8 heteroatoms. The maximum absolute atomic E-state index is 12.3. The van der Waals surface area contributed by atoms with Crippen LogP contribution in [0.2, 0.25) is 0 Å². The number of ketones is 1. The number of anilines is 1. The first-order valence-corrected chi connectivity index (χ1v) is 10.5. The highest BCUT2D eigenvalue weighted by atomic mass is 32.2. The summed E-state index contributed by atoms with van der Waals surface area (Å²) in [6.45, 7) is 1.25. The van der Waals surface area contributed by atoms with Crippen LogP contribution >= 0.6 is 11.8 Å². The molecule has 1 heterocycles. The van der Waals surface area contributed by atoms with Gasteiger partial charge in [-0.2, -0.15) is 0 Å². The van der Waals surface area contributed by atoms with Gasteiger partial charge in [0, 0.05) is 5.56 Å². The number of hydrogen-bond donors (Lipinski definition) is 1. The Hall–Kier alpha value is -3.65. The predicted octanol–water partition coefficient (Wildman–Crippen LogP) is 3.59. The Labute approximate surface area is 183 Å². The fourth-order valence-corrected chi connectivity index (χ4v) is 3.94. The summed E-state index contributed by atoms with van der Waals surface area (Å²) in [7, 11) is 0. The number of fused-ring (bicyclic) bond motifs is 1. The van der Waals surface area contributed by atoms with Crippen LogP contribution in [0.1, 0.15) is 17.3 Å². The molecule has 31 heavy (non-hydrogen) atoms. The Morgan fingerprint density at radius 2 is 1.87 bits per heavy atom. The number of benzene rings is 3. The summed E-state index contributed by atoms with van der Waals surface area (Å²) in [5, 5.41) is 6.53. The van der Waals surface area contributed by atoms with E-state index in [4.69, 9.17) is 4.74 Å². The molecule has 0 unspecified atom stereocenters. The Morgan fingerprint density at radius 1 is 1.06 bits per heavy atom. The van der Waals surface area contributed by atoms with Crippen molar-refractivity contribution in [2.24, 2.45) is 5.10 Å². The number of carbonyl (C=O) groups is 3. The maximum Gasteiger partial charge on any atom is 0.278 e. The highest BCUT2D eigenvalue weighted by Gasteiger charge is 2.30. The van der Waals surface area contributed by atoms with E-state index in [0.717, 1.165) is 10.8 Å². The number of rotatable bonds is 6. The van der Waals surface area contributed by atoms with Crippen LogP contribution < -0.4 is 15.1 Å². The molecule has 2 amide bonds. The van der Waals surface area contributed by atoms with Gasteiger partial charge in [-0.15, -0.1) is 5.10 Å². The van der Waals surface area contributed by atoms with Crippen LogP contribution in [-0.2, 0) is 9.59 Å². The molecule has 156 valence electrons. The third-order valence-electron chi connectivity index (χ3n) is 4.64. The number of thioether (sulfide) groups is 1. The van der Waals surface area contributed by atoms with Gasteiger partial charge in [0.2, 0.25) is 5.91 Å². The molecule has 1 aliphatic heterocycles. The van der Waals surface area contributed by atoms with E-state index < -0.39 is 5.91 Å². The first kappa shape index (κ1) is 20.6. The van der Waals surface area contributed by atoms with Crippen LogP contribution in [0.15, 0.2) is 71.8 Å². The van der Waals surface area contributed by atoms with Crippen molar-refractivity contribution >= 4 is 51.0 Å². The van der Waals surface area contributed by atoms with Crippen LogP contribution in [0.25, 0.3) is 10.8 Å². The molecule has 7 nitrogen and oxygen atoms in total. The van der Waals surface area contributed by atoms with E-state index in [0.29, 0.717) is 22.2 Å². The number of hydrogen-bond acceptors (Lipinski definition) is 6. The molecule has 1 fully saturated rings. The first-order valence-electron chi connectivity index (χ1n) is 9.56. The molecule has 0 aromatic heterocycles. The SMILES string of the molecule is CC(=O)c1cccc(N2C(=O)CSC2=NNC(=O)COc2ccc3ccccc3c2)c1. The molecule has 1 aliphatic rings. The van der Waals surface area contributed by atoms with Gasteiger partial charge in [0.25, 0.3) is 5.91 Å². The number of nitrogens with one attached hydrogen (secondary N) is 1. The maximum atomic E-state index is 12.3. The molecule has 4 rings (SSSR count). The molecule has 1 N–H and O–H groups in total. The van der Waals surface area contributed by atoms with Crippen LogP contribution in [-0.4, -0.2) is 35.1 Å². The van der Waals surface area contributed by atoms with E-state index in [1.54, 1.807) is 30.3 Å². The standard InChI is InChI=1S/C23H19N3O4S/c1-15(27)17-7-4-8-19(11-17)26-22(29)14-31-23(26)25-24-21(28)13-30-20-10-9-16-5-2-3-6-18(16)12-20/h2-12H,13-14H2,1H3,(H,24,28). The van der Waals surface area contributed by atoms with Crippen LogP contribution in [0.3, 0.4) is 0 Å². The lowest BCUT2D eigenvalue weighted by Gasteiger charge is -2.16. The Kier molecular flexibility index (Phi) is 5.99. The lowest BCUT2D eigenvalue weighted by molar-refractivity contribution is -0.123. The van der Waals surface area contributed by atoms with Crippen LogP contribution in [0, 0.1) is 0 Å². The number of nitrogens with zero attached hydrogens (tertiary/aromatic N) is 2. The first-order chi connectivity index (χ1) is 15.0. The van der Waals surface area contributed by atoms with Gasteiger partial charge >= 0.3 is 0 Å². The van der Waals surface area contributed by atoms with Gasteiger partial charge in [-0.05, 0) is 42.0 Å². The van der Waals surface area contributed by atoms with Gasteiger partial charge in [0.1, 0.15) is 5.75 Å². The number of carbonyl (C=O) groups excluding carboxylic acids is 3. The monoisotopic (exact) mass is 433 g/mol. The molecule has 3 aromatic rings. The van der Waals surface area contributed by atoms with Gasteiger partial charge in [-0.25, -0.2) is 5.43 Å². The molecule has 0 aliphatic carbocycles. The molecular formula is C23H19N3O4S. The van der Waals surface area contributed by atoms with Gasteiger partial charge in [0.05, 0.1) is 11.4 Å². The predicted molar refractivity (Wildman–Crippen MR) is 121 cm³/mol. The van der Waals surface area contributed by atoms with Crippen molar-refractivity contribution in [3.8, 4) is 5.75 Å². The van der Waals surface area contributed by atoms with Crippen molar-refractivity contribution in [1.82, 2.24) is 5.43 Å². The van der Waals surface area contributed by atoms with Gasteiger partial charge in [0.15, 0.2) is 17.6 Å². The number of amides is 2. The zero-order chi connectivity index (χ0) is 21.8. The molecule has 3 aromatic carbocycles. The lowest BCUT2D eigenvalue weighted by Crippen LogP contribution is -2.32. The average Bonchev–Trinajstić information content (AvgIpc) is 3.16. The summed E-state index contributed by atoms with van der Waals surface area (Å²) in [6.07, 6.45) is 0. The Bertz CT molecular complexity index is 1210. The lowest BCUT2D eigenvalue weighted by atomic mass is 10.1. The minimum absolute atomic E-state index is 0.0984. The summed E-state index contributed by atoms with van der Waals surface area (Å²) in [6, 6.07) is 20.2. The van der Waals surface area contributed by atoms with Crippen molar-refractivity contribution in [2.75, 3.05) is 17.3 Å². The second kappa shape index (κ2) is 9.01. The number of ether oxygens (including phenoxy) is 1. The number of Topliss-reactive ketones (excluding diaryl/α,β-unsaturated/α-hetero) is 1. The topological polar surface area (TPSA) is 88.1 Å². The van der Waals surface area contributed by atoms with E-state index in [1.807, 2.05) is 36.4 Å². The number of amidine groups is 1. The summed E-state index contributed by atoms with van der Waals surface area (Å²) in [5.74, 6) is 0.0598. The van der Waals surface area contributed by atoms with E-state index >= 15 is 0 Å². The van der Waals surface area contributed by atoms with Crippen LogP contribution in [0.4, 0.5) is 5.69 Å². The van der Waals surface area contributed by atoms with E-state index in [-0.39, 0.29) is 24.1 Å². The zero-order valence-corrected chi connectivity index (χ0v) is 17.5. The normalized spacial score (nSPS) is 14.8. The summed E-state index contributed by atoms with van der Waals surface area (Å²) in [5.41, 5.74) is 3.46. The molecule has 0 bridgehead atoms. The molecule has 0 saturated carbocycles. The van der Waals surface area contributed by atoms with Crippen molar-refractivity contribution in [3.05, 3.63) is 72.3 Å². The van der Waals surface area contributed by atoms with Gasteiger partial charge < -0.3 is 4.74 Å². The third-order valence-corrected chi connectivity index (χ3v) is 5.57. The zero-order valence-electron chi connectivity index (χ0n) is 16.7. The quantitative estimate of drug-likeness (QED) is 0.474. The van der Waals surface area contributed by atoms with E-state index in [2.05, 4.69) is 10.5 Å². The van der Waals surface area contributed by atoms with Crippen molar-refractivity contribution in [2.45, 2.75) is 6.92 Å². The minimum Gasteiger partial charge on any atom is -0.484 e. The molecule has 0 radical (unpaired) electrons.